The van der Waals surface area contributed by atoms with Gasteiger partial charge in [0.1, 0.15) is 12.1 Å². The zero-order valence-corrected chi connectivity index (χ0v) is 10.2. The summed E-state index contributed by atoms with van der Waals surface area (Å²) >= 11 is 0. The third kappa shape index (κ3) is 2.57. The number of hydrogen-bond acceptors (Lipinski definition) is 4. The maximum Gasteiger partial charge on any atom is 0.263 e. The van der Waals surface area contributed by atoms with Gasteiger partial charge in [0.15, 0.2) is 0 Å². The number of methoxy groups -OCH3 is 1. The van der Waals surface area contributed by atoms with Crippen molar-refractivity contribution < 1.29 is 9.53 Å². The highest BCUT2D eigenvalue weighted by Crippen LogP contribution is 2.14. The third-order valence-electron chi connectivity index (χ3n) is 2.59. The normalized spacial score (nSPS) is 10.3. The molecule has 0 bridgehead atoms. The van der Waals surface area contributed by atoms with Crippen LogP contribution in [-0.2, 0) is 6.42 Å². The van der Waals surface area contributed by atoms with Crippen molar-refractivity contribution >= 4 is 5.91 Å². The Kier molecular flexibility index (Phi) is 3.74. The van der Waals surface area contributed by atoms with E-state index < -0.39 is 0 Å². The molecule has 1 heterocycles. The van der Waals surface area contributed by atoms with Gasteiger partial charge in [-0.25, -0.2) is 4.98 Å². The van der Waals surface area contributed by atoms with Crippen LogP contribution in [0.15, 0.2) is 36.8 Å². The van der Waals surface area contributed by atoms with Crippen LogP contribution in [0.5, 0.6) is 5.75 Å². The summed E-state index contributed by atoms with van der Waals surface area (Å²) in [5.74, 6) is 0.521. The van der Waals surface area contributed by atoms with Gasteiger partial charge in [-0.2, -0.15) is 0 Å². The molecule has 1 aromatic carbocycles. The Morgan fingerprint density at radius 3 is 3.06 bits per heavy atom. The Bertz CT molecular complexity index is 549. The number of imidazole rings is 1. The van der Waals surface area contributed by atoms with E-state index in [0.29, 0.717) is 24.3 Å². The highest BCUT2D eigenvalue weighted by Gasteiger charge is 2.10. The molecule has 18 heavy (non-hydrogen) atoms. The average molecular weight is 245 g/mol. The maximum atomic E-state index is 12.2. The van der Waals surface area contributed by atoms with Crippen molar-refractivity contribution in [2.24, 2.45) is 5.73 Å². The minimum atomic E-state index is -0.135. The summed E-state index contributed by atoms with van der Waals surface area (Å²) in [7, 11) is 1.57. The predicted molar refractivity (Wildman–Crippen MR) is 67.7 cm³/mol. The second-order valence-electron chi connectivity index (χ2n) is 3.85. The Hall–Kier alpha value is -2.14. The zero-order chi connectivity index (χ0) is 13.0. The van der Waals surface area contributed by atoms with Crippen molar-refractivity contribution in [2.75, 3.05) is 13.7 Å². The molecule has 5 nitrogen and oxygen atoms in total. The molecule has 0 saturated heterocycles. The fourth-order valence-corrected chi connectivity index (χ4v) is 1.66. The van der Waals surface area contributed by atoms with Crippen LogP contribution in [0, 0.1) is 0 Å². The lowest BCUT2D eigenvalue weighted by atomic mass is 10.2. The summed E-state index contributed by atoms with van der Waals surface area (Å²) in [5, 5.41) is 0. The fourth-order valence-electron chi connectivity index (χ4n) is 1.66. The minimum Gasteiger partial charge on any atom is -0.497 e. The minimum absolute atomic E-state index is 0.135. The fraction of sp³-hybridized carbons (Fsp3) is 0.231. The van der Waals surface area contributed by atoms with Crippen LogP contribution in [0.2, 0.25) is 0 Å². The van der Waals surface area contributed by atoms with Crippen molar-refractivity contribution in [2.45, 2.75) is 6.42 Å². The van der Waals surface area contributed by atoms with Crippen LogP contribution in [0.1, 0.15) is 16.1 Å². The van der Waals surface area contributed by atoms with E-state index in [1.54, 1.807) is 37.6 Å². The summed E-state index contributed by atoms with van der Waals surface area (Å²) in [5.41, 5.74) is 6.82. The van der Waals surface area contributed by atoms with E-state index in [4.69, 9.17) is 10.5 Å². The standard InChI is InChI=1S/C13H15N3O2/c1-18-12-4-2-3-10(7-12)13(17)16-8-11(5-6-14)15-9-16/h2-4,7-9H,5-6,14H2,1H3. The Labute approximate surface area is 105 Å². The maximum absolute atomic E-state index is 12.2. The molecule has 1 aromatic heterocycles. The molecule has 0 amide bonds. The highest BCUT2D eigenvalue weighted by molar-refractivity contribution is 5.96. The Balaban J connectivity index is 2.23. The van der Waals surface area contributed by atoms with Gasteiger partial charge >= 0.3 is 0 Å². The SMILES string of the molecule is COc1cccc(C(=O)n2cnc(CCN)c2)c1. The first kappa shape index (κ1) is 12.3. The summed E-state index contributed by atoms with van der Waals surface area (Å²) in [6, 6.07) is 7.02. The zero-order valence-electron chi connectivity index (χ0n) is 10.2. The highest BCUT2D eigenvalue weighted by atomic mass is 16.5. The van der Waals surface area contributed by atoms with E-state index in [1.165, 1.54) is 10.9 Å². The van der Waals surface area contributed by atoms with Gasteiger partial charge in [-0.15, -0.1) is 0 Å². The number of hydrogen-bond donors (Lipinski definition) is 1. The molecule has 0 aliphatic carbocycles. The molecule has 2 rings (SSSR count). The topological polar surface area (TPSA) is 70.1 Å². The first-order chi connectivity index (χ1) is 8.74. The lowest BCUT2D eigenvalue weighted by molar-refractivity contribution is 0.0959. The van der Waals surface area contributed by atoms with E-state index in [2.05, 4.69) is 4.98 Å². The van der Waals surface area contributed by atoms with E-state index in [-0.39, 0.29) is 5.91 Å². The van der Waals surface area contributed by atoms with Crippen molar-refractivity contribution in [3.05, 3.63) is 48.0 Å². The van der Waals surface area contributed by atoms with Crippen molar-refractivity contribution in [3.8, 4) is 5.75 Å². The average Bonchev–Trinajstić information content (AvgIpc) is 2.87. The molecule has 0 radical (unpaired) electrons. The van der Waals surface area contributed by atoms with Crippen molar-refractivity contribution in [1.82, 2.24) is 9.55 Å². The van der Waals surface area contributed by atoms with Crippen LogP contribution in [0.25, 0.3) is 0 Å². The monoisotopic (exact) mass is 245 g/mol. The van der Waals surface area contributed by atoms with Crippen LogP contribution in [0.4, 0.5) is 0 Å². The molecule has 0 atom stereocenters. The van der Waals surface area contributed by atoms with Crippen LogP contribution >= 0.6 is 0 Å². The van der Waals surface area contributed by atoms with Gasteiger partial charge in [0.05, 0.1) is 12.8 Å². The van der Waals surface area contributed by atoms with Gasteiger partial charge in [0.2, 0.25) is 0 Å². The number of carbonyl (C=O) groups excluding carboxylic acids is 1. The number of rotatable bonds is 4. The van der Waals surface area contributed by atoms with E-state index in [9.17, 15) is 4.79 Å². The Morgan fingerprint density at radius 2 is 2.33 bits per heavy atom. The number of nitrogens with two attached hydrogens (primary N) is 1. The number of carbonyl (C=O) groups is 1. The molecule has 0 aliphatic heterocycles. The molecule has 2 aromatic rings. The van der Waals surface area contributed by atoms with Gasteiger partial charge in [0.25, 0.3) is 5.91 Å². The molecule has 0 fully saturated rings. The van der Waals surface area contributed by atoms with Crippen LogP contribution < -0.4 is 10.5 Å². The summed E-state index contributed by atoms with van der Waals surface area (Å²) in [6.07, 6.45) is 3.87. The lowest BCUT2D eigenvalue weighted by Gasteiger charge is -2.03. The second-order valence-corrected chi connectivity index (χ2v) is 3.85. The quantitative estimate of drug-likeness (QED) is 0.875. The summed E-state index contributed by atoms with van der Waals surface area (Å²) in [4.78, 5) is 16.3. The van der Waals surface area contributed by atoms with Gasteiger partial charge in [-0.3, -0.25) is 9.36 Å². The molecule has 0 spiro atoms. The number of benzene rings is 1. The lowest BCUT2D eigenvalue weighted by Crippen LogP contribution is -2.10. The van der Waals surface area contributed by atoms with Gasteiger partial charge in [-0.05, 0) is 24.7 Å². The van der Waals surface area contributed by atoms with Crippen LogP contribution in [0.3, 0.4) is 0 Å². The largest absolute Gasteiger partial charge is 0.497 e. The van der Waals surface area contributed by atoms with Gasteiger partial charge in [0, 0.05) is 18.2 Å². The number of aromatic nitrogens is 2. The first-order valence-corrected chi connectivity index (χ1v) is 5.66. The molecule has 2 N–H and O–H groups in total. The third-order valence-corrected chi connectivity index (χ3v) is 2.59. The smallest absolute Gasteiger partial charge is 0.263 e. The molecular weight excluding hydrogens is 230 g/mol. The van der Waals surface area contributed by atoms with Crippen LogP contribution in [-0.4, -0.2) is 29.1 Å². The number of ether oxygens (including phenoxy) is 1. The van der Waals surface area contributed by atoms with Crippen molar-refractivity contribution in [1.29, 1.82) is 0 Å². The molecule has 94 valence electrons. The van der Waals surface area contributed by atoms with Crippen molar-refractivity contribution in [3.63, 3.8) is 0 Å². The molecule has 0 saturated carbocycles. The number of nitrogens with zero attached hydrogens (tertiary/aromatic N) is 2. The predicted octanol–water partition coefficient (Wildman–Crippen LogP) is 1.08. The van der Waals surface area contributed by atoms with E-state index in [0.717, 1.165) is 5.69 Å². The Morgan fingerprint density at radius 1 is 1.50 bits per heavy atom. The van der Waals surface area contributed by atoms with E-state index in [1.807, 2.05) is 0 Å². The van der Waals surface area contributed by atoms with Gasteiger partial charge < -0.3 is 10.5 Å². The van der Waals surface area contributed by atoms with E-state index >= 15 is 0 Å². The summed E-state index contributed by atoms with van der Waals surface area (Å²) < 4.78 is 6.55. The molecule has 0 aliphatic rings. The molecule has 5 heteroatoms. The first-order valence-electron chi connectivity index (χ1n) is 5.66. The summed E-state index contributed by atoms with van der Waals surface area (Å²) in [6.45, 7) is 0.518. The second kappa shape index (κ2) is 5.46. The molecular formula is C13H15N3O2. The van der Waals surface area contributed by atoms with Gasteiger partial charge in [-0.1, -0.05) is 6.07 Å². The molecule has 0 unspecified atom stereocenters.